The van der Waals surface area contributed by atoms with Crippen LogP contribution in [-0.2, 0) is 0 Å². The van der Waals surface area contributed by atoms with E-state index in [1.54, 1.807) is 6.20 Å². The molecule has 3 rings (SSSR count). The standard InChI is InChI=1S/C15H14N4/c16-11-7-5-10(6-8-11)15-13(9-18-19-15)12-3-1-2-4-14(12)17/h1-9H,16-17H2,(H,18,19). The molecule has 94 valence electrons. The Labute approximate surface area is 111 Å². The van der Waals surface area contributed by atoms with Crippen molar-refractivity contribution in [2.45, 2.75) is 0 Å². The third-order valence-electron chi connectivity index (χ3n) is 3.09. The molecule has 3 aromatic rings. The Kier molecular flexibility index (Phi) is 2.68. The van der Waals surface area contributed by atoms with Gasteiger partial charge in [-0.1, -0.05) is 30.3 Å². The number of para-hydroxylation sites is 1. The zero-order valence-corrected chi connectivity index (χ0v) is 10.3. The summed E-state index contributed by atoms with van der Waals surface area (Å²) in [7, 11) is 0. The molecule has 0 unspecified atom stereocenters. The molecule has 1 heterocycles. The number of hydrogen-bond donors (Lipinski definition) is 3. The minimum absolute atomic E-state index is 0.737. The van der Waals surface area contributed by atoms with Gasteiger partial charge in [-0.25, -0.2) is 0 Å². The van der Waals surface area contributed by atoms with Crippen LogP contribution in [0.3, 0.4) is 0 Å². The van der Waals surface area contributed by atoms with Gasteiger partial charge in [-0.05, 0) is 18.2 Å². The largest absolute Gasteiger partial charge is 0.399 e. The van der Waals surface area contributed by atoms with E-state index < -0.39 is 0 Å². The number of nitrogens with zero attached hydrogens (tertiary/aromatic N) is 1. The summed E-state index contributed by atoms with van der Waals surface area (Å²) in [5, 5.41) is 7.15. The number of hydrogen-bond acceptors (Lipinski definition) is 3. The zero-order valence-electron chi connectivity index (χ0n) is 10.3. The molecule has 0 bridgehead atoms. The second-order valence-electron chi connectivity index (χ2n) is 4.37. The van der Waals surface area contributed by atoms with Gasteiger partial charge < -0.3 is 11.5 Å². The fourth-order valence-electron chi connectivity index (χ4n) is 2.10. The second-order valence-corrected chi connectivity index (χ2v) is 4.37. The molecule has 2 aromatic carbocycles. The van der Waals surface area contributed by atoms with Crippen LogP contribution in [0.5, 0.6) is 0 Å². The number of aromatic nitrogens is 2. The Morgan fingerprint density at radius 1 is 0.842 bits per heavy atom. The Bertz CT molecular complexity index is 698. The Hall–Kier alpha value is -2.75. The molecule has 0 radical (unpaired) electrons. The molecule has 4 heteroatoms. The molecule has 0 aliphatic heterocycles. The quantitative estimate of drug-likeness (QED) is 0.612. The van der Waals surface area contributed by atoms with Crippen LogP contribution in [0.1, 0.15) is 0 Å². The highest BCUT2D eigenvalue weighted by Gasteiger charge is 2.11. The first kappa shape index (κ1) is 11.3. The van der Waals surface area contributed by atoms with E-state index in [0.29, 0.717) is 0 Å². The maximum atomic E-state index is 6.02. The number of benzene rings is 2. The first-order valence-electron chi connectivity index (χ1n) is 6.00. The van der Waals surface area contributed by atoms with E-state index in [-0.39, 0.29) is 0 Å². The van der Waals surface area contributed by atoms with Gasteiger partial charge in [0.05, 0.1) is 11.9 Å². The molecular weight excluding hydrogens is 236 g/mol. The van der Waals surface area contributed by atoms with Crippen LogP contribution in [0.4, 0.5) is 11.4 Å². The van der Waals surface area contributed by atoms with Gasteiger partial charge in [-0.3, -0.25) is 5.10 Å². The topological polar surface area (TPSA) is 80.7 Å². The molecule has 0 fully saturated rings. The van der Waals surface area contributed by atoms with E-state index in [1.165, 1.54) is 0 Å². The zero-order chi connectivity index (χ0) is 13.2. The molecule has 5 N–H and O–H groups in total. The molecule has 0 amide bonds. The summed E-state index contributed by atoms with van der Waals surface area (Å²) < 4.78 is 0. The lowest BCUT2D eigenvalue weighted by atomic mass is 10.0. The van der Waals surface area contributed by atoms with Crippen LogP contribution in [-0.4, -0.2) is 10.2 Å². The average Bonchev–Trinajstić information content (AvgIpc) is 2.89. The molecule has 0 spiro atoms. The predicted molar refractivity (Wildman–Crippen MR) is 78.3 cm³/mol. The summed E-state index contributed by atoms with van der Waals surface area (Å²) in [6.45, 7) is 0. The minimum atomic E-state index is 0.737. The van der Waals surface area contributed by atoms with Crippen molar-refractivity contribution in [2.24, 2.45) is 0 Å². The van der Waals surface area contributed by atoms with Crippen molar-refractivity contribution in [3.63, 3.8) is 0 Å². The lowest BCUT2D eigenvalue weighted by molar-refractivity contribution is 1.10. The normalized spacial score (nSPS) is 10.5. The van der Waals surface area contributed by atoms with Crippen LogP contribution in [0.25, 0.3) is 22.4 Å². The van der Waals surface area contributed by atoms with Gasteiger partial charge in [-0.15, -0.1) is 0 Å². The fraction of sp³-hybridized carbons (Fsp3) is 0. The summed E-state index contributed by atoms with van der Waals surface area (Å²) in [6, 6.07) is 15.4. The van der Waals surface area contributed by atoms with E-state index in [1.807, 2.05) is 48.5 Å². The van der Waals surface area contributed by atoms with Gasteiger partial charge in [0.15, 0.2) is 0 Å². The number of aromatic amines is 1. The van der Waals surface area contributed by atoms with E-state index in [9.17, 15) is 0 Å². The van der Waals surface area contributed by atoms with E-state index in [4.69, 9.17) is 11.5 Å². The molecule has 0 aliphatic carbocycles. The lowest BCUT2D eigenvalue weighted by Crippen LogP contribution is -1.90. The Balaban J connectivity index is 2.13. The maximum Gasteiger partial charge on any atom is 0.0729 e. The number of rotatable bonds is 2. The molecule has 0 atom stereocenters. The van der Waals surface area contributed by atoms with Crippen LogP contribution in [0.15, 0.2) is 54.7 Å². The van der Waals surface area contributed by atoms with Gasteiger partial charge in [0.25, 0.3) is 0 Å². The van der Waals surface area contributed by atoms with Crippen LogP contribution in [0.2, 0.25) is 0 Å². The molecule has 4 nitrogen and oxygen atoms in total. The molecule has 0 aliphatic rings. The first-order chi connectivity index (χ1) is 9.25. The molecule has 0 saturated heterocycles. The van der Waals surface area contributed by atoms with Crippen molar-refractivity contribution in [3.05, 3.63) is 54.7 Å². The number of anilines is 2. The van der Waals surface area contributed by atoms with Crippen molar-refractivity contribution >= 4 is 11.4 Å². The summed E-state index contributed by atoms with van der Waals surface area (Å²) in [5.41, 5.74) is 17.1. The van der Waals surface area contributed by atoms with Gasteiger partial charge in [-0.2, -0.15) is 5.10 Å². The van der Waals surface area contributed by atoms with Crippen LogP contribution >= 0.6 is 0 Å². The van der Waals surface area contributed by atoms with Gasteiger partial charge >= 0.3 is 0 Å². The fourth-order valence-corrected chi connectivity index (χ4v) is 2.10. The van der Waals surface area contributed by atoms with E-state index in [0.717, 1.165) is 33.8 Å². The number of H-pyrrole nitrogens is 1. The summed E-state index contributed by atoms with van der Waals surface area (Å²) >= 11 is 0. The second kappa shape index (κ2) is 4.49. The maximum absolute atomic E-state index is 6.02. The number of nitrogen functional groups attached to an aromatic ring is 2. The Morgan fingerprint density at radius 2 is 1.58 bits per heavy atom. The SMILES string of the molecule is Nc1ccc(-c2[nH]ncc2-c2ccccc2N)cc1. The smallest absolute Gasteiger partial charge is 0.0729 e. The van der Waals surface area contributed by atoms with Crippen molar-refractivity contribution in [1.29, 1.82) is 0 Å². The van der Waals surface area contributed by atoms with Crippen molar-refractivity contribution in [3.8, 4) is 22.4 Å². The summed E-state index contributed by atoms with van der Waals surface area (Å²) in [6.07, 6.45) is 1.79. The van der Waals surface area contributed by atoms with E-state index >= 15 is 0 Å². The molecular formula is C15H14N4. The highest BCUT2D eigenvalue weighted by Crippen LogP contribution is 2.33. The lowest BCUT2D eigenvalue weighted by Gasteiger charge is -2.06. The van der Waals surface area contributed by atoms with E-state index in [2.05, 4.69) is 10.2 Å². The van der Waals surface area contributed by atoms with Crippen molar-refractivity contribution < 1.29 is 0 Å². The average molecular weight is 250 g/mol. The van der Waals surface area contributed by atoms with Gasteiger partial charge in [0.1, 0.15) is 0 Å². The minimum Gasteiger partial charge on any atom is -0.399 e. The monoisotopic (exact) mass is 250 g/mol. The molecule has 19 heavy (non-hydrogen) atoms. The third kappa shape index (κ3) is 2.04. The predicted octanol–water partition coefficient (Wildman–Crippen LogP) is 2.91. The first-order valence-corrected chi connectivity index (χ1v) is 6.00. The van der Waals surface area contributed by atoms with Crippen LogP contribution < -0.4 is 11.5 Å². The van der Waals surface area contributed by atoms with Crippen molar-refractivity contribution in [1.82, 2.24) is 10.2 Å². The summed E-state index contributed by atoms with van der Waals surface area (Å²) in [5.74, 6) is 0. The van der Waals surface area contributed by atoms with Crippen molar-refractivity contribution in [2.75, 3.05) is 11.5 Å². The third-order valence-corrected chi connectivity index (χ3v) is 3.09. The van der Waals surface area contributed by atoms with Crippen LogP contribution in [0, 0.1) is 0 Å². The highest BCUT2D eigenvalue weighted by molar-refractivity contribution is 5.86. The number of nitrogens with one attached hydrogen (secondary N) is 1. The number of nitrogens with two attached hydrogens (primary N) is 2. The van der Waals surface area contributed by atoms with Gasteiger partial charge in [0, 0.05) is 28.1 Å². The molecule has 0 saturated carbocycles. The summed E-state index contributed by atoms with van der Waals surface area (Å²) in [4.78, 5) is 0. The Morgan fingerprint density at radius 3 is 2.32 bits per heavy atom. The highest BCUT2D eigenvalue weighted by atomic mass is 15.1. The molecule has 1 aromatic heterocycles. The van der Waals surface area contributed by atoms with Gasteiger partial charge in [0.2, 0.25) is 0 Å².